The first kappa shape index (κ1) is 12.1. The molecule has 1 aromatic carbocycles. The van der Waals surface area contributed by atoms with E-state index >= 15 is 0 Å². The zero-order chi connectivity index (χ0) is 11.6. The molecule has 0 fully saturated rings. The summed E-state index contributed by atoms with van der Waals surface area (Å²) in [6, 6.07) is 2.33. The molecule has 1 rings (SSSR count). The van der Waals surface area contributed by atoms with Gasteiger partial charge in [0.15, 0.2) is 0 Å². The normalized spacial score (nSPS) is 11.7. The largest absolute Gasteiger partial charge is 0.290 e. The van der Waals surface area contributed by atoms with Crippen LogP contribution in [0.4, 0.5) is 4.39 Å². The summed E-state index contributed by atoms with van der Waals surface area (Å²) in [5, 5.41) is 0. The van der Waals surface area contributed by atoms with Crippen molar-refractivity contribution in [3.8, 4) is 0 Å². The van der Waals surface area contributed by atoms with Crippen LogP contribution < -0.4 is 4.89 Å². The number of nitrogens with one attached hydrogen (secondary N) is 1. The van der Waals surface area contributed by atoms with Crippen LogP contribution in [0.25, 0.3) is 0 Å². The molecule has 4 nitrogen and oxygen atoms in total. The molecule has 0 aromatic heterocycles. The minimum atomic E-state index is -3.73. The third-order valence-corrected chi connectivity index (χ3v) is 3.45. The van der Waals surface area contributed by atoms with Crippen molar-refractivity contribution in [3.63, 3.8) is 0 Å². The van der Waals surface area contributed by atoms with Crippen molar-refractivity contribution in [2.24, 2.45) is 0 Å². The van der Waals surface area contributed by atoms with E-state index in [1.807, 2.05) is 4.89 Å². The smallest absolute Gasteiger partial charge is 0.262 e. The highest BCUT2D eigenvalue weighted by Crippen LogP contribution is 2.20. The summed E-state index contributed by atoms with van der Waals surface area (Å²) in [6.07, 6.45) is 0. The Kier molecular flexibility index (Phi) is 3.43. The average Bonchev–Trinajstić information content (AvgIpc) is 1.99. The van der Waals surface area contributed by atoms with Gasteiger partial charge in [0, 0.05) is 0 Å². The third-order valence-electron chi connectivity index (χ3n) is 1.89. The molecule has 0 saturated heterocycles. The summed E-state index contributed by atoms with van der Waals surface area (Å²) in [5.41, 5.74) is 0.689. The molecule has 0 spiro atoms. The maximum atomic E-state index is 12.9. The van der Waals surface area contributed by atoms with Crippen molar-refractivity contribution in [3.05, 3.63) is 29.1 Å². The lowest BCUT2D eigenvalue weighted by atomic mass is 10.1. The first-order valence-electron chi connectivity index (χ1n) is 4.20. The summed E-state index contributed by atoms with van der Waals surface area (Å²) < 4.78 is 36.2. The molecule has 0 saturated carbocycles. The van der Waals surface area contributed by atoms with Gasteiger partial charge in [-0.15, -0.1) is 0 Å². The van der Waals surface area contributed by atoms with Gasteiger partial charge in [-0.25, -0.2) is 12.8 Å². The van der Waals surface area contributed by atoms with Crippen LogP contribution in [0, 0.1) is 19.7 Å². The number of rotatable bonds is 3. The third kappa shape index (κ3) is 2.53. The van der Waals surface area contributed by atoms with Crippen LogP contribution in [0.1, 0.15) is 11.1 Å². The molecule has 0 unspecified atom stereocenters. The Morgan fingerprint density at radius 3 is 2.13 bits per heavy atom. The van der Waals surface area contributed by atoms with Gasteiger partial charge in [-0.05, 0) is 37.1 Å². The zero-order valence-corrected chi connectivity index (χ0v) is 9.48. The van der Waals surface area contributed by atoms with E-state index < -0.39 is 15.8 Å². The van der Waals surface area contributed by atoms with Gasteiger partial charge >= 0.3 is 0 Å². The lowest BCUT2D eigenvalue weighted by molar-refractivity contribution is 0.153. The van der Waals surface area contributed by atoms with E-state index in [0.29, 0.717) is 11.1 Å². The Hall–Kier alpha value is -0.980. The first-order chi connectivity index (χ1) is 6.88. The summed E-state index contributed by atoms with van der Waals surface area (Å²) >= 11 is 0. The molecule has 1 aromatic rings. The van der Waals surface area contributed by atoms with Gasteiger partial charge in [0.2, 0.25) is 0 Å². The lowest BCUT2D eigenvalue weighted by Crippen LogP contribution is -2.24. The van der Waals surface area contributed by atoms with E-state index in [2.05, 4.69) is 4.84 Å². The van der Waals surface area contributed by atoms with Gasteiger partial charge in [-0.3, -0.25) is 4.84 Å². The van der Waals surface area contributed by atoms with Crippen molar-refractivity contribution < 1.29 is 17.6 Å². The number of hydrogen-bond acceptors (Lipinski definition) is 3. The van der Waals surface area contributed by atoms with Crippen molar-refractivity contribution in [2.75, 3.05) is 7.11 Å². The van der Waals surface area contributed by atoms with Crippen molar-refractivity contribution in [1.82, 2.24) is 4.89 Å². The second-order valence-corrected chi connectivity index (χ2v) is 4.74. The maximum absolute atomic E-state index is 12.9. The van der Waals surface area contributed by atoms with Gasteiger partial charge in [0.1, 0.15) is 5.82 Å². The van der Waals surface area contributed by atoms with E-state index in [9.17, 15) is 12.8 Å². The first-order valence-corrected chi connectivity index (χ1v) is 5.68. The molecule has 0 heterocycles. The zero-order valence-electron chi connectivity index (χ0n) is 8.67. The van der Waals surface area contributed by atoms with Gasteiger partial charge in [0.25, 0.3) is 10.0 Å². The highest BCUT2D eigenvalue weighted by Gasteiger charge is 2.19. The van der Waals surface area contributed by atoms with E-state index in [0.717, 1.165) is 12.1 Å². The van der Waals surface area contributed by atoms with Gasteiger partial charge < -0.3 is 0 Å². The van der Waals surface area contributed by atoms with Crippen molar-refractivity contribution >= 4 is 10.0 Å². The summed E-state index contributed by atoms with van der Waals surface area (Å²) in [7, 11) is -2.53. The van der Waals surface area contributed by atoms with Gasteiger partial charge in [-0.1, -0.05) is 4.89 Å². The van der Waals surface area contributed by atoms with Crippen LogP contribution in [0.2, 0.25) is 0 Å². The molecule has 0 radical (unpaired) electrons. The van der Waals surface area contributed by atoms with Crippen molar-refractivity contribution in [2.45, 2.75) is 18.7 Å². The number of hydrogen-bond donors (Lipinski definition) is 1. The fourth-order valence-electron chi connectivity index (χ4n) is 1.47. The summed E-state index contributed by atoms with van der Waals surface area (Å²) in [5.74, 6) is -0.457. The summed E-state index contributed by atoms with van der Waals surface area (Å²) in [6.45, 7) is 3.06. The molecule has 6 heteroatoms. The predicted molar refractivity (Wildman–Crippen MR) is 53.2 cm³/mol. The molecule has 0 aliphatic carbocycles. The SMILES string of the molecule is CONS(=O)(=O)c1c(C)cc(F)cc1C. The number of benzene rings is 1. The molecule has 15 heavy (non-hydrogen) atoms. The lowest BCUT2D eigenvalue weighted by Gasteiger charge is -2.10. The number of aryl methyl sites for hydroxylation is 2. The molecule has 0 aliphatic heterocycles. The molecule has 84 valence electrons. The van der Waals surface area contributed by atoms with E-state index in [1.54, 1.807) is 0 Å². The Morgan fingerprint density at radius 1 is 1.27 bits per heavy atom. The minimum Gasteiger partial charge on any atom is -0.290 e. The quantitative estimate of drug-likeness (QED) is 0.800. The monoisotopic (exact) mass is 233 g/mol. The topological polar surface area (TPSA) is 55.4 Å². The highest BCUT2D eigenvalue weighted by atomic mass is 32.2. The fraction of sp³-hybridized carbons (Fsp3) is 0.333. The second kappa shape index (κ2) is 4.26. The van der Waals surface area contributed by atoms with E-state index in [-0.39, 0.29) is 4.90 Å². The molecule has 1 N–H and O–H groups in total. The van der Waals surface area contributed by atoms with E-state index in [1.165, 1.54) is 21.0 Å². The molecular weight excluding hydrogens is 221 g/mol. The number of sulfonamides is 1. The van der Waals surface area contributed by atoms with Crippen molar-refractivity contribution in [1.29, 1.82) is 0 Å². The van der Waals surface area contributed by atoms with Gasteiger partial charge in [0.05, 0.1) is 12.0 Å². The van der Waals surface area contributed by atoms with E-state index in [4.69, 9.17) is 0 Å². The van der Waals surface area contributed by atoms with Crippen LogP contribution in [0.3, 0.4) is 0 Å². The van der Waals surface area contributed by atoms with Gasteiger partial charge in [-0.2, -0.15) is 0 Å². The molecule has 0 amide bonds. The molecule has 0 bridgehead atoms. The minimum absolute atomic E-state index is 0.0470. The Balaban J connectivity index is 3.38. The molecule has 0 atom stereocenters. The molecule has 0 aliphatic rings. The standard InChI is InChI=1S/C9H12FNO3S/c1-6-4-8(10)5-7(2)9(6)15(12,13)11-14-3/h4-5,11H,1-3H3. The second-order valence-electron chi connectivity index (χ2n) is 3.16. The van der Waals surface area contributed by atoms with Crippen LogP contribution in [-0.2, 0) is 14.9 Å². The Morgan fingerprint density at radius 2 is 1.73 bits per heavy atom. The Bertz CT molecular complexity index is 447. The van der Waals surface area contributed by atoms with Crippen LogP contribution in [0.15, 0.2) is 17.0 Å². The maximum Gasteiger partial charge on any atom is 0.262 e. The summed E-state index contributed by atoms with van der Waals surface area (Å²) in [4.78, 5) is 6.31. The van der Waals surface area contributed by atoms with Crippen LogP contribution >= 0.6 is 0 Å². The Labute approximate surface area is 88.1 Å². The molecular formula is C9H12FNO3S. The van der Waals surface area contributed by atoms with Crippen LogP contribution in [-0.4, -0.2) is 15.5 Å². The fourth-order valence-corrected chi connectivity index (χ4v) is 2.74. The highest BCUT2D eigenvalue weighted by molar-refractivity contribution is 7.89. The predicted octanol–water partition coefficient (Wildman–Crippen LogP) is 1.28. The average molecular weight is 233 g/mol. The number of halogens is 1. The van der Waals surface area contributed by atoms with Crippen LogP contribution in [0.5, 0.6) is 0 Å².